The third kappa shape index (κ3) is 3.16. The van der Waals surface area contributed by atoms with Crippen LogP contribution in [0.3, 0.4) is 0 Å². The zero-order chi connectivity index (χ0) is 9.86. The second-order valence-corrected chi connectivity index (χ2v) is 11.1. The summed E-state index contributed by atoms with van der Waals surface area (Å²) in [5.41, 5.74) is 0. The van der Waals surface area contributed by atoms with Crippen LogP contribution in [0.2, 0.25) is 0 Å². The van der Waals surface area contributed by atoms with Crippen molar-refractivity contribution < 1.29 is 4.89 Å². The first kappa shape index (κ1) is 11.3. The van der Waals surface area contributed by atoms with E-state index in [0.29, 0.717) is 7.92 Å². The highest BCUT2D eigenvalue weighted by Gasteiger charge is 2.35. The first-order valence-corrected chi connectivity index (χ1v) is 10.3. The number of rotatable bonds is 0. The Hall–Kier alpha value is 0.820. The van der Waals surface area contributed by atoms with E-state index >= 15 is 0 Å². The lowest BCUT2D eigenvalue weighted by Gasteiger charge is -2.19. The number of hydrogen-bond donors (Lipinski definition) is 1. The van der Waals surface area contributed by atoms with Crippen molar-refractivity contribution in [2.45, 2.75) is 32.1 Å². The standard InChI is InChI=1S/C11H23OP2/c12-14-9-3-1-6-13(8-5-11-14)7-2-4-10-14/h12H,1-11H2/q+1. The van der Waals surface area contributed by atoms with Crippen molar-refractivity contribution >= 4 is 15.4 Å². The minimum Gasteiger partial charge on any atom is -0.252 e. The van der Waals surface area contributed by atoms with Crippen molar-refractivity contribution in [1.82, 2.24) is 0 Å². The molecule has 0 aliphatic carbocycles. The highest BCUT2D eigenvalue weighted by Crippen LogP contribution is 2.59. The fourth-order valence-corrected chi connectivity index (χ4v) is 8.65. The molecule has 0 saturated carbocycles. The molecular formula is C11H23OP2+. The summed E-state index contributed by atoms with van der Waals surface area (Å²) in [5, 5.41) is 0. The van der Waals surface area contributed by atoms with Gasteiger partial charge < -0.3 is 0 Å². The largest absolute Gasteiger partial charge is 0.252 e. The summed E-state index contributed by atoms with van der Waals surface area (Å²) in [6.45, 7) is 0. The second kappa shape index (κ2) is 5.24. The Kier molecular flexibility index (Phi) is 4.23. The zero-order valence-electron chi connectivity index (χ0n) is 9.12. The third-order valence-corrected chi connectivity index (χ3v) is 9.94. The first-order valence-electron chi connectivity index (χ1n) is 6.10. The van der Waals surface area contributed by atoms with E-state index in [2.05, 4.69) is 0 Å². The van der Waals surface area contributed by atoms with Gasteiger partial charge in [-0.3, -0.25) is 4.89 Å². The molecule has 2 aliphatic rings. The summed E-state index contributed by atoms with van der Waals surface area (Å²) >= 11 is 0. The average Bonchev–Trinajstić information content (AvgIpc) is 2.31. The monoisotopic (exact) mass is 233 g/mol. The van der Waals surface area contributed by atoms with Crippen LogP contribution in [0, 0.1) is 0 Å². The van der Waals surface area contributed by atoms with Crippen LogP contribution in [0.5, 0.6) is 0 Å². The summed E-state index contributed by atoms with van der Waals surface area (Å²) in [6.07, 6.45) is 14.9. The predicted octanol–water partition coefficient (Wildman–Crippen LogP) is 3.37. The third-order valence-electron chi connectivity index (χ3n) is 3.65. The SMILES string of the molecule is O[P+]12CCCCP(CCCC1)CCC2. The van der Waals surface area contributed by atoms with E-state index in [0.717, 1.165) is 0 Å². The average molecular weight is 233 g/mol. The van der Waals surface area contributed by atoms with Gasteiger partial charge in [-0.1, -0.05) is 0 Å². The molecule has 1 N–H and O–H groups in total. The molecule has 0 aromatic carbocycles. The Morgan fingerprint density at radius 2 is 1.21 bits per heavy atom. The molecule has 0 atom stereocenters. The van der Waals surface area contributed by atoms with E-state index in [4.69, 9.17) is 0 Å². The molecule has 2 aliphatic heterocycles. The lowest BCUT2D eigenvalue weighted by atomic mass is 10.4. The molecule has 2 saturated heterocycles. The fraction of sp³-hybridized carbons (Fsp3) is 1.00. The van der Waals surface area contributed by atoms with Gasteiger partial charge in [-0.2, -0.15) is 0 Å². The van der Waals surface area contributed by atoms with E-state index < -0.39 is 7.49 Å². The van der Waals surface area contributed by atoms with Gasteiger partial charge in [-0.05, 0) is 50.6 Å². The smallest absolute Gasteiger partial charge is 0.142 e. The van der Waals surface area contributed by atoms with Crippen LogP contribution >= 0.6 is 15.4 Å². The Labute approximate surface area is 89.8 Å². The Balaban J connectivity index is 2.05. The number of fused-ring (bicyclic) bond motifs is 4. The molecule has 0 unspecified atom stereocenters. The van der Waals surface area contributed by atoms with Gasteiger partial charge in [0.2, 0.25) is 0 Å². The Morgan fingerprint density at radius 1 is 0.714 bits per heavy atom. The van der Waals surface area contributed by atoms with Gasteiger partial charge in [0.25, 0.3) is 0 Å². The Morgan fingerprint density at radius 3 is 1.86 bits per heavy atom. The van der Waals surface area contributed by atoms with Gasteiger partial charge in [-0.15, -0.1) is 7.92 Å². The summed E-state index contributed by atoms with van der Waals surface area (Å²) in [7, 11) is -1.07. The van der Waals surface area contributed by atoms with Crippen molar-refractivity contribution in [3.05, 3.63) is 0 Å². The van der Waals surface area contributed by atoms with E-state index in [9.17, 15) is 4.89 Å². The van der Waals surface area contributed by atoms with Gasteiger partial charge in [0.15, 0.2) is 0 Å². The second-order valence-electron chi connectivity index (χ2n) is 4.88. The molecule has 2 rings (SSSR count). The van der Waals surface area contributed by atoms with Crippen LogP contribution < -0.4 is 0 Å². The summed E-state index contributed by atoms with van der Waals surface area (Å²) < 4.78 is 0. The molecule has 2 heterocycles. The molecule has 2 fully saturated rings. The van der Waals surface area contributed by atoms with Crippen LogP contribution in [0.25, 0.3) is 0 Å². The van der Waals surface area contributed by atoms with Gasteiger partial charge >= 0.3 is 0 Å². The number of hydrogen-bond acceptors (Lipinski definition) is 1. The van der Waals surface area contributed by atoms with Crippen LogP contribution in [-0.4, -0.2) is 41.9 Å². The highest BCUT2D eigenvalue weighted by atomic mass is 31.2. The van der Waals surface area contributed by atoms with Crippen molar-refractivity contribution in [1.29, 1.82) is 0 Å². The van der Waals surface area contributed by atoms with E-state index in [1.54, 1.807) is 0 Å². The molecule has 0 radical (unpaired) electrons. The molecular weight excluding hydrogens is 210 g/mol. The van der Waals surface area contributed by atoms with E-state index in [1.807, 2.05) is 0 Å². The summed E-state index contributed by atoms with van der Waals surface area (Å²) in [6, 6.07) is 0. The molecule has 3 heteroatoms. The fourth-order valence-electron chi connectivity index (χ4n) is 2.74. The predicted molar refractivity (Wildman–Crippen MR) is 68.3 cm³/mol. The normalized spacial score (nSPS) is 40.5. The molecule has 1 nitrogen and oxygen atoms in total. The van der Waals surface area contributed by atoms with Crippen LogP contribution in [-0.2, 0) is 0 Å². The van der Waals surface area contributed by atoms with Gasteiger partial charge in [0.1, 0.15) is 7.49 Å². The summed E-state index contributed by atoms with van der Waals surface area (Å²) in [5.74, 6) is 0. The molecule has 2 bridgehead atoms. The van der Waals surface area contributed by atoms with Crippen molar-refractivity contribution in [3.63, 3.8) is 0 Å². The highest BCUT2D eigenvalue weighted by molar-refractivity contribution is 7.70. The molecule has 0 aromatic rings. The van der Waals surface area contributed by atoms with Gasteiger partial charge in [0, 0.05) is 0 Å². The van der Waals surface area contributed by atoms with Crippen molar-refractivity contribution in [2.24, 2.45) is 0 Å². The summed E-state index contributed by atoms with van der Waals surface area (Å²) in [4.78, 5) is 10.6. The minimum atomic E-state index is -1.44. The zero-order valence-corrected chi connectivity index (χ0v) is 10.9. The topological polar surface area (TPSA) is 20.2 Å². The van der Waals surface area contributed by atoms with E-state index in [1.165, 1.54) is 69.1 Å². The minimum absolute atomic E-state index is 0.373. The molecule has 0 spiro atoms. The van der Waals surface area contributed by atoms with E-state index in [-0.39, 0.29) is 0 Å². The van der Waals surface area contributed by atoms with Crippen molar-refractivity contribution in [3.8, 4) is 0 Å². The molecule has 0 amide bonds. The Bertz CT molecular complexity index is 172. The maximum atomic E-state index is 10.6. The molecule has 0 aromatic heterocycles. The van der Waals surface area contributed by atoms with Crippen LogP contribution in [0.4, 0.5) is 0 Å². The van der Waals surface area contributed by atoms with Gasteiger partial charge in [0.05, 0.1) is 18.5 Å². The van der Waals surface area contributed by atoms with Crippen molar-refractivity contribution in [2.75, 3.05) is 37.0 Å². The maximum absolute atomic E-state index is 10.6. The quantitative estimate of drug-likeness (QED) is 0.636. The molecule has 14 heavy (non-hydrogen) atoms. The lowest BCUT2D eigenvalue weighted by molar-refractivity contribution is 0.585. The maximum Gasteiger partial charge on any atom is 0.142 e. The first-order chi connectivity index (χ1) is 6.79. The lowest BCUT2D eigenvalue weighted by Crippen LogP contribution is -2.07. The molecule has 82 valence electrons. The van der Waals surface area contributed by atoms with Gasteiger partial charge in [-0.25, -0.2) is 0 Å². The van der Waals surface area contributed by atoms with Crippen LogP contribution in [0.15, 0.2) is 0 Å². The van der Waals surface area contributed by atoms with Crippen LogP contribution in [0.1, 0.15) is 32.1 Å².